The Morgan fingerprint density at radius 1 is 0.976 bits per heavy atom. The Labute approximate surface area is 245 Å². The molecule has 0 saturated carbocycles. The zero-order valence-corrected chi connectivity index (χ0v) is 24.5. The third-order valence-electron chi connectivity index (χ3n) is 7.48. The zero-order valence-electron chi connectivity index (χ0n) is 24.5. The highest BCUT2D eigenvalue weighted by Crippen LogP contribution is 2.27. The highest BCUT2D eigenvalue weighted by molar-refractivity contribution is 6.04. The molecule has 6 rings (SSSR count). The molecule has 0 aliphatic carbocycles. The van der Waals surface area contributed by atoms with E-state index < -0.39 is 0 Å². The molecule has 3 aromatic heterocycles. The standard InChI is InChI=1S/C34H34N6O2/c1-23-9-12-28(37-33(41)25-7-6-8-27(17-25)34(2,3)4)18-30(23)39-16-15-32-35-20-31(40(32)39)26-19-36-38(22-26)21-24-10-13-29(42-5)14-11-24/h6-20,22H,21H2,1-5H3,(H,37,41). The molecular formula is C34H34N6O2. The molecule has 0 bridgehead atoms. The zero-order chi connectivity index (χ0) is 29.4. The molecule has 0 spiro atoms. The second-order valence-electron chi connectivity index (χ2n) is 11.5. The number of ether oxygens (including phenoxy) is 1. The van der Waals surface area contributed by atoms with E-state index in [9.17, 15) is 4.79 Å². The average Bonchev–Trinajstić information content (AvgIpc) is 3.71. The van der Waals surface area contributed by atoms with Crippen LogP contribution in [0.15, 0.2) is 97.6 Å². The molecule has 3 aromatic carbocycles. The largest absolute Gasteiger partial charge is 0.497 e. The number of imidazole rings is 1. The van der Waals surface area contributed by atoms with Gasteiger partial charge in [-0.25, -0.2) is 9.50 Å². The van der Waals surface area contributed by atoms with E-state index in [4.69, 9.17) is 4.74 Å². The summed E-state index contributed by atoms with van der Waals surface area (Å²) in [6.45, 7) is 9.13. The van der Waals surface area contributed by atoms with Gasteiger partial charge in [-0.15, -0.1) is 0 Å². The van der Waals surface area contributed by atoms with Crippen LogP contribution >= 0.6 is 0 Å². The number of aromatic nitrogens is 5. The Morgan fingerprint density at radius 3 is 2.55 bits per heavy atom. The summed E-state index contributed by atoms with van der Waals surface area (Å²) in [6, 6.07) is 23.7. The maximum Gasteiger partial charge on any atom is 0.255 e. The fraction of sp³-hybridized carbons (Fsp3) is 0.206. The van der Waals surface area contributed by atoms with Gasteiger partial charge in [0, 0.05) is 35.3 Å². The van der Waals surface area contributed by atoms with E-state index in [1.807, 2.05) is 96.2 Å². The van der Waals surface area contributed by atoms with Crippen molar-refractivity contribution >= 4 is 17.2 Å². The lowest BCUT2D eigenvalue weighted by molar-refractivity contribution is 0.102. The van der Waals surface area contributed by atoms with E-state index in [0.29, 0.717) is 12.1 Å². The number of hydrogen-bond donors (Lipinski definition) is 1. The van der Waals surface area contributed by atoms with Gasteiger partial charge in [-0.1, -0.05) is 51.1 Å². The van der Waals surface area contributed by atoms with Crippen molar-refractivity contribution in [1.29, 1.82) is 0 Å². The van der Waals surface area contributed by atoms with Crippen molar-refractivity contribution in [3.63, 3.8) is 0 Å². The molecule has 8 nitrogen and oxygen atoms in total. The summed E-state index contributed by atoms with van der Waals surface area (Å²) in [5.41, 5.74) is 8.27. The van der Waals surface area contributed by atoms with E-state index >= 15 is 0 Å². The van der Waals surface area contributed by atoms with E-state index in [1.165, 1.54) is 0 Å². The van der Waals surface area contributed by atoms with Crippen molar-refractivity contribution in [3.05, 3.63) is 120 Å². The van der Waals surface area contributed by atoms with Gasteiger partial charge < -0.3 is 10.1 Å². The maximum absolute atomic E-state index is 13.2. The van der Waals surface area contributed by atoms with Crippen LogP contribution < -0.4 is 10.1 Å². The van der Waals surface area contributed by atoms with Gasteiger partial charge in [0.05, 0.1) is 37.4 Å². The summed E-state index contributed by atoms with van der Waals surface area (Å²) in [5.74, 6) is 0.692. The number of nitrogens with one attached hydrogen (secondary N) is 1. The van der Waals surface area contributed by atoms with Crippen molar-refractivity contribution in [2.45, 2.75) is 39.7 Å². The molecule has 8 heteroatoms. The minimum atomic E-state index is -0.138. The monoisotopic (exact) mass is 558 g/mol. The number of methoxy groups -OCH3 is 1. The molecule has 1 amide bonds. The Kier molecular flexibility index (Phi) is 6.90. The first kappa shape index (κ1) is 27.1. The van der Waals surface area contributed by atoms with Gasteiger partial charge in [0.2, 0.25) is 0 Å². The van der Waals surface area contributed by atoms with Crippen LogP contribution in [0.3, 0.4) is 0 Å². The van der Waals surface area contributed by atoms with Crippen molar-refractivity contribution in [2.75, 3.05) is 12.4 Å². The maximum atomic E-state index is 13.2. The third-order valence-corrected chi connectivity index (χ3v) is 7.48. The Morgan fingerprint density at radius 2 is 1.79 bits per heavy atom. The Balaban J connectivity index is 1.29. The van der Waals surface area contributed by atoms with Crippen LogP contribution in [-0.4, -0.2) is 37.0 Å². The molecular weight excluding hydrogens is 524 g/mol. The summed E-state index contributed by atoms with van der Waals surface area (Å²) in [4.78, 5) is 17.8. The lowest BCUT2D eigenvalue weighted by Crippen LogP contribution is -2.16. The van der Waals surface area contributed by atoms with Crippen LogP contribution in [0.25, 0.3) is 22.6 Å². The SMILES string of the molecule is COc1ccc(Cn2cc(-c3cnc4ccn(-c5cc(NC(=O)c6cccc(C(C)(C)C)c6)ccc5C)n34)cn2)cc1. The summed E-state index contributed by atoms with van der Waals surface area (Å²) in [6.07, 6.45) is 7.75. The second-order valence-corrected chi connectivity index (χ2v) is 11.5. The predicted octanol–water partition coefficient (Wildman–Crippen LogP) is 6.90. The molecule has 0 aliphatic heterocycles. The highest BCUT2D eigenvalue weighted by atomic mass is 16.5. The number of anilines is 1. The number of hydrogen-bond acceptors (Lipinski definition) is 4. The van der Waals surface area contributed by atoms with E-state index in [1.54, 1.807) is 7.11 Å². The minimum Gasteiger partial charge on any atom is -0.497 e. The van der Waals surface area contributed by atoms with Gasteiger partial charge in [0.1, 0.15) is 5.75 Å². The van der Waals surface area contributed by atoms with Gasteiger partial charge in [0.25, 0.3) is 5.91 Å². The number of fused-ring (bicyclic) bond motifs is 1. The first-order chi connectivity index (χ1) is 20.2. The molecule has 42 heavy (non-hydrogen) atoms. The number of amides is 1. The Hall–Kier alpha value is -5.11. The number of nitrogens with zero attached hydrogens (tertiary/aromatic N) is 5. The average molecular weight is 559 g/mol. The lowest BCUT2D eigenvalue weighted by atomic mass is 9.86. The summed E-state index contributed by atoms with van der Waals surface area (Å²) < 4.78 is 11.3. The van der Waals surface area contributed by atoms with Crippen LogP contribution in [-0.2, 0) is 12.0 Å². The van der Waals surface area contributed by atoms with Crippen molar-refractivity contribution in [1.82, 2.24) is 24.0 Å². The number of carbonyl (C=O) groups excluding carboxylic acids is 1. The third kappa shape index (κ3) is 5.31. The van der Waals surface area contributed by atoms with Gasteiger partial charge >= 0.3 is 0 Å². The molecule has 6 aromatic rings. The molecule has 0 radical (unpaired) electrons. The van der Waals surface area contributed by atoms with Crippen LogP contribution in [0.5, 0.6) is 5.75 Å². The first-order valence-corrected chi connectivity index (χ1v) is 13.9. The van der Waals surface area contributed by atoms with Gasteiger partial charge in [-0.2, -0.15) is 5.10 Å². The van der Waals surface area contributed by atoms with Crippen LogP contribution in [0.1, 0.15) is 47.8 Å². The number of rotatable bonds is 7. The normalized spacial score (nSPS) is 11.6. The fourth-order valence-corrected chi connectivity index (χ4v) is 5.05. The van der Waals surface area contributed by atoms with Gasteiger partial charge in [0.15, 0.2) is 5.65 Å². The van der Waals surface area contributed by atoms with Crippen molar-refractivity contribution in [3.8, 4) is 22.7 Å². The molecule has 0 unspecified atom stereocenters. The lowest BCUT2D eigenvalue weighted by Gasteiger charge is -2.19. The van der Waals surface area contributed by atoms with Crippen LogP contribution in [0.2, 0.25) is 0 Å². The molecule has 0 saturated heterocycles. The number of aryl methyl sites for hydroxylation is 1. The first-order valence-electron chi connectivity index (χ1n) is 13.9. The highest BCUT2D eigenvalue weighted by Gasteiger charge is 2.17. The molecule has 212 valence electrons. The van der Waals surface area contributed by atoms with Crippen LogP contribution in [0, 0.1) is 6.92 Å². The topological polar surface area (TPSA) is 78.4 Å². The van der Waals surface area contributed by atoms with Crippen LogP contribution in [0.4, 0.5) is 5.69 Å². The van der Waals surface area contributed by atoms with E-state index in [0.717, 1.165) is 50.7 Å². The van der Waals surface area contributed by atoms with E-state index in [-0.39, 0.29) is 11.3 Å². The molecule has 3 heterocycles. The second kappa shape index (κ2) is 10.7. The van der Waals surface area contributed by atoms with Gasteiger partial charge in [-0.3, -0.25) is 14.2 Å². The minimum absolute atomic E-state index is 0.0399. The van der Waals surface area contributed by atoms with E-state index in [2.05, 4.69) is 58.4 Å². The molecule has 0 aliphatic rings. The fourth-order valence-electron chi connectivity index (χ4n) is 5.05. The molecule has 1 N–H and O–H groups in total. The molecule has 0 atom stereocenters. The number of carbonyl (C=O) groups is 1. The van der Waals surface area contributed by atoms with Crippen molar-refractivity contribution in [2.24, 2.45) is 0 Å². The number of benzene rings is 3. The van der Waals surface area contributed by atoms with Gasteiger partial charge in [-0.05, 0) is 65.4 Å². The quantitative estimate of drug-likeness (QED) is 0.231. The summed E-state index contributed by atoms with van der Waals surface area (Å²) >= 11 is 0. The predicted molar refractivity (Wildman–Crippen MR) is 166 cm³/mol. The summed E-state index contributed by atoms with van der Waals surface area (Å²) in [7, 11) is 1.66. The molecule has 0 fully saturated rings. The smallest absolute Gasteiger partial charge is 0.255 e. The Bertz CT molecular complexity index is 1890. The van der Waals surface area contributed by atoms with Crippen molar-refractivity contribution < 1.29 is 9.53 Å². The summed E-state index contributed by atoms with van der Waals surface area (Å²) in [5, 5.41) is 7.70.